The quantitative estimate of drug-likeness (QED) is 0.692. The number of nitrogens with one attached hydrogen (secondary N) is 2. The first-order chi connectivity index (χ1) is 8.25. The van der Waals surface area contributed by atoms with Gasteiger partial charge in [-0.2, -0.15) is 0 Å². The second-order valence-electron chi connectivity index (χ2n) is 5.01. The summed E-state index contributed by atoms with van der Waals surface area (Å²) in [4.78, 5) is 14.3. The van der Waals surface area contributed by atoms with Crippen molar-refractivity contribution in [1.29, 1.82) is 0 Å². The summed E-state index contributed by atoms with van der Waals surface area (Å²) in [6.45, 7) is 8.38. The zero-order valence-corrected chi connectivity index (χ0v) is 10.6. The van der Waals surface area contributed by atoms with Gasteiger partial charge in [0, 0.05) is 32.2 Å². The van der Waals surface area contributed by atoms with E-state index >= 15 is 0 Å². The van der Waals surface area contributed by atoms with Gasteiger partial charge in [-0.25, -0.2) is 0 Å². The van der Waals surface area contributed by atoms with Gasteiger partial charge in [-0.15, -0.1) is 0 Å². The highest BCUT2D eigenvalue weighted by Crippen LogP contribution is 2.08. The molecule has 5 heteroatoms. The van der Waals surface area contributed by atoms with Crippen molar-refractivity contribution in [1.82, 2.24) is 15.5 Å². The molecule has 2 heterocycles. The lowest BCUT2D eigenvalue weighted by atomic mass is 10.1. The first-order valence-electron chi connectivity index (χ1n) is 6.57. The van der Waals surface area contributed by atoms with Gasteiger partial charge in [-0.3, -0.25) is 9.69 Å². The normalized spacial score (nSPS) is 27.9. The molecule has 0 saturated carbocycles. The van der Waals surface area contributed by atoms with Crippen molar-refractivity contribution >= 4 is 5.91 Å². The summed E-state index contributed by atoms with van der Waals surface area (Å²) in [5, 5.41) is 6.33. The summed E-state index contributed by atoms with van der Waals surface area (Å²) in [6.07, 6.45) is 0.968. The first kappa shape index (κ1) is 12.8. The zero-order chi connectivity index (χ0) is 12.1. The maximum atomic E-state index is 11.9. The minimum Gasteiger partial charge on any atom is -0.379 e. The summed E-state index contributed by atoms with van der Waals surface area (Å²) in [5.74, 6) is 0.373. The summed E-state index contributed by atoms with van der Waals surface area (Å²) in [7, 11) is 0. The predicted molar refractivity (Wildman–Crippen MR) is 65.8 cm³/mol. The van der Waals surface area contributed by atoms with Gasteiger partial charge in [0.05, 0.1) is 19.1 Å². The van der Waals surface area contributed by atoms with Crippen LogP contribution in [0.15, 0.2) is 0 Å². The van der Waals surface area contributed by atoms with Gasteiger partial charge >= 0.3 is 0 Å². The molecule has 2 rings (SSSR count). The average molecular weight is 241 g/mol. The highest BCUT2D eigenvalue weighted by Gasteiger charge is 2.24. The topological polar surface area (TPSA) is 53.6 Å². The van der Waals surface area contributed by atoms with E-state index in [-0.39, 0.29) is 17.9 Å². The van der Waals surface area contributed by atoms with Gasteiger partial charge in [0.25, 0.3) is 0 Å². The maximum absolute atomic E-state index is 11.9. The molecule has 2 atom stereocenters. The molecule has 0 aliphatic carbocycles. The average Bonchev–Trinajstić information content (AvgIpc) is 2.83. The Labute approximate surface area is 103 Å². The molecular formula is C12H23N3O2. The molecule has 2 unspecified atom stereocenters. The number of ether oxygens (including phenoxy) is 1. The fraction of sp³-hybridized carbons (Fsp3) is 0.917. The summed E-state index contributed by atoms with van der Waals surface area (Å²) in [5.41, 5.74) is 0. The van der Waals surface area contributed by atoms with E-state index in [1.54, 1.807) is 0 Å². The van der Waals surface area contributed by atoms with Crippen molar-refractivity contribution in [3.05, 3.63) is 0 Å². The van der Waals surface area contributed by atoms with Crippen LogP contribution in [0.25, 0.3) is 0 Å². The summed E-state index contributed by atoms with van der Waals surface area (Å²) >= 11 is 0. The lowest BCUT2D eigenvalue weighted by Gasteiger charge is -2.29. The van der Waals surface area contributed by atoms with Crippen molar-refractivity contribution in [3.63, 3.8) is 0 Å². The lowest BCUT2D eigenvalue weighted by molar-refractivity contribution is -0.125. The highest BCUT2D eigenvalue weighted by atomic mass is 16.5. The van der Waals surface area contributed by atoms with E-state index in [1.807, 2.05) is 0 Å². The molecule has 2 aliphatic heterocycles. The summed E-state index contributed by atoms with van der Waals surface area (Å²) in [6, 6.07) is 0.223. The Morgan fingerprint density at radius 2 is 2.29 bits per heavy atom. The first-order valence-corrected chi connectivity index (χ1v) is 6.57. The van der Waals surface area contributed by atoms with E-state index in [0.717, 1.165) is 52.4 Å². The lowest BCUT2D eigenvalue weighted by Crippen LogP contribution is -2.47. The van der Waals surface area contributed by atoms with E-state index in [2.05, 4.69) is 22.5 Å². The van der Waals surface area contributed by atoms with E-state index in [9.17, 15) is 4.79 Å². The Morgan fingerprint density at radius 1 is 1.53 bits per heavy atom. The fourth-order valence-electron chi connectivity index (χ4n) is 2.46. The molecule has 2 fully saturated rings. The fourth-order valence-corrected chi connectivity index (χ4v) is 2.46. The number of carbonyl (C=O) groups is 1. The molecule has 98 valence electrons. The van der Waals surface area contributed by atoms with Crippen LogP contribution in [-0.4, -0.2) is 62.8 Å². The second-order valence-corrected chi connectivity index (χ2v) is 5.01. The van der Waals surface area contributed by atoms with E-state index in [4.69, 9.17) is 4.74 Å². The third-order valence-corrected chi connectivity index (χ3v) is 3.46. The molecule has 2 aliphatic rings. The summed E-state index contributed by atoms with van der Waals surface area (Å²) < 4.78 is 5.31. The number of hydrogen-bond donors (Lipinski definition) is 2. The number of amides is 1. The molecule has 0 bridgehead atoms. The van der Waals surface area contributed by atoms with Crippen LogP contribution in [0.2, 0.25) is 0 Å². The minimum absolute atomic E-state index is 0.169. The van der Waals surface area contributed by atoms with Crippen molar-refractivity contribution < 1.29 is 9.53 Å². The van der Waals surface area contributed by atoms with Gasteiger partial charge < -0.3 is 15.4 Å². The third kappa shape index (κ3) is 3.94. The molecule has 0 aromatic rings. The third-order valence-electron chi connectivity index (χ3n) is 3.46. The van der Waals surface area contributed by atoms with Gasteiger partial charge in [-0.05, 0) is 19.9 Å². The molecule has 5 nitrogen and oxygen atoms in total. The molecule has 17 heavy (non-hydrogen) atoms. The van der Waals surface area contributed by atoms with Crippen LogP contribution in [0.1, 0.15) is 13.3 Å². The van der Waals surface area contributed by atoms with Gasteiger partial charge in [0.2, 0.25) is 5.91 Å². The van der Waals surface area contributed by atoms with Crippen LogP contribution in [0.4, 0.5) is 0 Å². The van der Waals surface area contributed by atoms with Crippen LogP contribution in [0.3, 0.4) is 0 Å². The second kappa shape index (κ2) is 6.33. The Kier molecular flexibility index (Phi) is 4.76. The number of rotatable bonds is 4. The standard InChI is InChI=1S/C12H23N3O2/c1-10(9-15-4-6-17-7-5-15)14-12(16)11-2-3-13-8-11/h10-11,13H,2-9H2,1H3,(H,14,16). The van der Waals surface area contributed by atoms with Crippen molar-refractivity contribution in [2.45, 2.75) is 19.4 Å². The number of nitrogens with zero attached hydrogens (tertiary/aromatic N) is 1. The van der Waals surface area contributed by atoms with Crippen LogP contribution in [0, 0.1) is 5.92 Å². The molecule has 0 radical (unpaired) electrons. The Balaban J connectivity index is 1.68. The molecule has 0 aromatic heterocycles. The van der Waals surface area contributed by atoms with Gasteiger partial charge in [0.15, 0.2) is 0 Å². The zero-order valence-electron chi connectivity index (χ0n) is 10.6. The van der Waals surface area contributed by atoms with Gasteiger partial charge in [0.1, 0.15) is 0 Å². The van der Waals surface area contributed by atoms with Gasteiger partial charge in [-0.1, -0.05) is 0 Å². The van der Waals surface area contributed by atoms with E-state index < -0.39 is 0 Å². The van der Waals surface area contributed by atoms with Crippen LogP contribution in [-0.2, 0) is 9.53 Å². The molecule has 2 N–H and O–H groups in total. The van der Waals surface area contributed by atoms with Crippen LogP contribution >= 0.6 is 0 Å². The number of morpholine rings is 1. The largest absolute Gasteiger partial charge is 0.379 e. The maximum Gasteiger partial charge on any atom is 0.224 e. The number of hydrogen-bond acceptors (Lipinski definition) is 4. The Bertz CT molecular complexity index is 248. The monoisotopic (exact) mass is 241 g/mol. The molecular weight excluding hydrogens is 218 g/mol. The molecule has 0 aromatic carbocycles. The van der Waals surface area contributed by atoms with E-state index in [1.165, 1.54) is 0 Å². The van der Waals surface area contributed by atoms with Crippen LogP contribution < -0.4 is 10.6 Å². The molecule has 0 spiro atoms. The highest BCUT2D eigenvalue weighted by molar-refractivity contribution is 5.79. The van der Waals surface area contributed by atoms with Crippen molar-refractivity contribution in [3.8, 4) is 0 Å². The Morgan fingerprint density at radius 3 is 2.94 bits per heavy atom. The van der Waals surface area contributed by atoms with Crippen molar-refractivity contribution in [2.24, 2.45) is 5.92 Å². The molecule has 1 amide bonds. The molecule has 2 saturated heterocycles. The minimum atomic E-state index is 0.169. The van der Waals surface area contributed by atoms with Crippen LogP contribution in [0.5, 0.6) is 0 Å². The van der Waals surface area contributed by atoms with Crippen molar-refractivity contribution in [2.75, 3.05) is 45.9 Å². The predicted octanol–water partition coefficient (Wildman–Crippen LogP) is -0.567. The Hall–Kier alpha value is -0.650. The number of carbonyl (C=O) groups excluding carboxylic acids is 1. The SMILES string of the molecule is CC(CN1CCOCC1)NC(=O)C1CCNC1. The van der Waals surface area contributed by atoms with E-state index in [0.29, 0.717) is 0 Å². The smallest absolute Gasteiger partial charge is 0.224 e.